The van der Waals surface area contributed by atoms with Crippen molar-refractivity contribution in [3.8, 4) is 0 Å². The van der Waals surface area contributed by atoms with E-state index >= 15 is 0 Å². The number of aliphatic hydroxyl groups is 1. The molecule has 7 atom stereocenters. The summed E-state index contributed by atoms with van der Waals surface area (Å²) < 4.78 is 68.3. The van der Waals surface area contributed by atoms with Crippen LogP contribution in [0.1, 0.15) is 351 Å². The topological polar surface area (TPSA) is 237 Å². The predicted molar refractivity (Wildman–Crippen MR) is 363 cm³/mol. The van der Waals surface area contributed by atoms with E-state index in [0.717, 1.165) is 120 Å². The van der Waals surface area contributed by atoms with Crippen molar-refractivity contribution < 1.29 is 80.2 Å². The fourth-order valence-corrected chi connectivity index (χ4v) is 12.2. The quantitative estimate of drug-likeness (QED) is 0.0222. The van der Waals surface area contributed by atoms with E-state index in [1.54, 1.807) is 0 Å². The molecule has 3 N–H and O–H groups in total. The van der Waals surface area contributed by atoms with Crippen LogP contribution in [0.4, 0.5) is 0 Å². The second-order valence-electron chi connectivity index (χ2n) is 27.1. The van der Waals surface area contributed by atoms with Crippen LogP contribution in [0.3, 0.4) is 0 Å². The lowest BCUT2D eigenvalue weighted by molar-refractivity contribution is -0.161. The van der Waals surface area contributed by atoms with Crippen LogP contribution in [0.15, 0.2) is 0 Å². The van der Waals surface area contributed by atoms with E-state index in [2.05, 4.69) is 55.4 Å². The van der Waals surface area contributed by atoms with Crippen molar-refractivity contribution in [1.29, 1.82) is 0 Å². The molecular weight excluding hydrogens is 1190 g/mol. The van der Waals surface area contributed by atoms with Gasteiger partial charge in [0.15, 0.2) is 12.2 Å². The average Bonchev–Trinajstić information content (AvgIpc) is 3.45. The highest BCUT2D eigenvalue weighted by atomic mass is 31.2. The highest BCUT2D eigenvalue weighted by Crippen LogP contribution is 2.45. The van der Waals surface area contributed by atoms with Gasteiger partial charge in [0.05, 0.1) is 26.4 Å². The monoisotopic (exact) mass is 1320 g/mol. The fraction of sp³-hybridized carbons (Fsp3) is 0.944. The lowest BCUT2D eigenvalue weighted by Gasteiger charge is -2.21. The number of carbonyl (C=O) groups is 4. The van der Waals surface area contributed by atoms with E-state index in [0.29, 0.717) is 31.6 Å². The molecule has 0 aromatic carbocycles. The lowest BCUT2D eigenvalue weighted by atomic mass is 9.99. The van der Waals surface area contributed by atoms with Crippen molar-refractivity contribution in [2.75, 3.05) is 39.6 Å². The van der Waals surface area contributed by atoms with E-state index in [1.807, 2.05) is 0 Å². The SMILES string of the molecule is CCC(C)CCCCCCCCCCCCC(=O)O[C@H](COC(=O)CCCCCCCCC(C)CC)COP(=O)(O)OC[C@@H](O)COP(=O)(O)OC[C@@H](COC(=O)CCCCCCCCC(C)C)OC(=O)CCCCCCCCCCCCCCCCC(C)C. The minimum absolute atomic E-state index is 0.105. The first-order chi connectivity index (χ1) is 43.2. The number of ether oxygens (including phenoxy) is 4. The summed E-state index contributed by atoms with van der Waals surface area (Å²) in [6.45, 7) is 14.1. The van der Waals surface area contributed by atoms with Gasteiger partial charge in [0.25, 0.3) is 0 Å². The largest absolute Gasteiger partial charge is 0.472 e. The van der Waals surface area contributed by atoms with Crippen LogP contribution in [0, 0.1) is 23.7 Å². The summed E-state index contributed by atoms with van der Waals surface area (Å²) in [5.41, 5.74) is 0. The first-order valence-corrected chi connectivity index (χ1v) is 39.8. The van der Waals surface area contributed by atoms with Gasteiger partial charge in [0.1, 0.15) is 19.3 Å². The molecule has 19 heteroatoms. The van der Waals surface area contributed by atoms with Gasteiger partial charge < -0.3 is 33.8 Å². The number of hydrogen-bond donors (Lipinski definition) is 3. The predicted octanol–water partition coefficient (Wildman–Crippen LogP) is 20.1. The van der Waals surface area contributed by atoms with Crippen molar-refractivity contribution in [1.82, 2.24) is 0 Å². The maximum Gasteiger partial charge on any atom is 0.472 e. The Hall–Kier alpha value is -1.94. The Labute approximate surface area is 549 Å². The Balaban J connectivity index is 5.23. The minimum Gasteiger partial charge on any atom is -0.462 e. The highest BCUT2D eigenvalue weighted by Gasteiger charge is 2.30. The highest BCUT2D eigenvalue weighted by molar-refractivity contribution is 7.47. The normalized spacial score (nSPS) is 14.9. The molecule has 0 rings (SSSR count). The molecule has 0 saturated heterocycles. The lowest BCUT2D eigenvalue weighted by Crippen LogP contribution is -2.30. The van der Waals surface area contributed by atoms with Gasteiger partial charge in [-0.15, -0.1) is 0 Å². The number of phosphoric acid groups is 2. The van der Waals surface area contributed by atoms with Crippen molar-refractivity contribution in [3.63, 3.8) is 0 Å². The summed E-state index contributed by atoms with van der Waals surface area (Å²) in [6, 6.07) is 0. The van der Waals surface area contributed by atoms with Gasteiger partial charge in [0, 0.05) is 25.7 Å². The molecule has 0 aromatic heterocycles. The number of aliphatic hydroxyl groups excluding tert-OH is 1. The molecule has 0 aliphatic heterocycles. The summed E-state index contributed by atoms with van der Waals surface area (Å²) in [7, 11) is -9.90. The van der Waals surface area contributed by atoms with E-state index < -0.39 is 97.5 Å². The molecule has 0 aliphatic rings. The molecule has 0 aromatic rings. The third kappa shape index (κ3) is 62.2. The number of carbonyl (C=O) groups excluding carboxylic acids is 4. The first kappa shape index (κ1) is 88.1. The van der Waals surface area contributed by atoms with Crippen molar-refractivity contribution in [3.05, 3.63) is 0 Å². The molecule has 534 valence electrons. The van der Waals surface area contributed by atoms with Gasteiger partial charge in [-0.1, -0.05) is 299 Å². The summed E-state index contributed by atoms with van der Waals surface area (Å²) in [5.74, 6) is 0.878. The molecule has 0 radical (unpaired) electrons. The molecule has 0 spiro atoms. The number of phosphoric ester groups is 2. The van der Waals surface area contributed by atoms with Crippen LogP contribution < -0.4 is 0 Å². The second-order valence-corrected chi connectivity index (χ2v) is 30.0. The van der Waals surface area contributed by atoms with Gasteiger partial charge in [-0.05, 0) is 49.4 Å². The standard InChI is InChI=1S/C71H138O17P2/c1-9-63(7)49-41-33-24-20-17-18-22-26-38-46-54-71(76)88-67(58-82-69(74)52-44-36-30-28-34-42-50-64(8)10-2)60-86-90(79,80)84-56-65(72)55-83-89(77,78)85-59-66(57-81-68(73)51-43-35-29-27-32-40-48-62(5)6)87-70(75)53-45-37-25-21-16-14-12-11-13-15-19-23-31-39-47-61(3)4/h61-67,72H,9-60H2,1-8H3,(H,77,78)(H,79,80)/t63?,64?,65-,66+,67+/m0/s1. The molecule has 0 fully saturated rings. The third-order valence-corrected chi connectivity index (χ3v) is 18.9. The van der Waals surface area contributed by atoms with Gasteiger partial charge >= 0.3 is 39.5 Å². The summed E-state index contributed by atoms with van der Waals surface area (Å²) >= 11 is 0. The Morgan fingerprint density at radius 2 is 0.533 bits per heavy atom. The van der Waals surface area contributed by atoms with Crippen molar-refractivity contribution >= 4 is 39.5 Å². The molecule has 0 bridgehead atoms. The molecule has 4 unspecified atom stereocenters. The van der Waals surface area contributed by atoms with Gasteiger partial charge in [-0.2, -0.15) is 0 Å². The average molecular weight is 1330 g/mol. The molecule has 17 nitrogen and oxygen atoms in total. The molecule has 0 amide bonds. The number of unbranched alkanes of at least 4 members (excludes halogenated alkanes) is 32. The number of rotatable bonds is 68. The Kier molecular flexibility index (Phi) is 59.4. The van der Waals surface area contributed by atoms with Crippen LogP contribution >= 0.6 is 15.6 Å². The Bertz CT molecular complexity index is 1790. The number of hydrogen-bond acceptors (Lipinski definition) is 15. The van der Waals surface area contributed by atoms with Crippen LogP contribution in [0.2, 0.25) is 0 Å². The van der Waals surface area contributed by atoms with E-state index in [1.165, 1.54) is 141 Å². The molecular formula is C71H138O17P2. The third-order valence-electron chi connectivity index (χ3n) is 17.0. The van der Waals surface area contributed by atoms with Crippen LogP contribution in [-0.2, 0) is 65.4 Å². The van der Waals surface area contributed by atoms with Gasteiger partial charge in [-0.3, -0.25) is 37.3 Å². The maximum absolute atomic E-state index is 13.0. The van der Waals surface area contributed by atoms with Gasteiger partial charge in [0.2, 0.25) is 0 Å². The maximum atomic E-state index is 13.0. The summed E-state index contributed by atoms with van der Waals surface area (Å²) in [5, 5.41) is 10.6. The molecule has 0 saturated carbocycles. The molecule has 0 heterocycles. The van der Waals surface area contributed by atoms with Crippen molar-refractivity contribution in [2.45, 2.75) is 369 Å². The zero-order valence-electron chi connectivity index (χ0n) is 58.8. The second kappa shape index (κ2) is 60.7. The minimum atomic E-state index is -4.95. The van der Waals surface area contributed by atoms with E-state index in [-0.39, 0.29) is 25.7 Å². The zero-order chi connectivity index (χ0) is 66.8. The summed E-state index contributed by atoms with van der Waals surface area (Å²) in [4.78, 5) is 72.5. The van der Waals surface area contributed by atoms with Crippen LogP contribution in [0.5, 0.6) is 0 Å². The number of esters is 4. The smallest absolute Gasteiger partial charge is 0.462 e. The fourth-order valence-electron chi connectivity index (χ4n) is 10.6. The molecule has 90 heavy (non-hydrogen) atoms. The molecule has 0 aliphatic carbocycles. The Morgan fingerprint density at radius 1 is 0.311 bits per heavy atom. The Morgan fingerprint density at radius 3 is 0.789 bits per heavy atom. The summed E-state index contributed by atoms with van der Waals surface area (Å²) in [6.07, 6.45) is 43.2. The van der Waals surface area contributed by atoms with E-state index in [9.17, 15) is 43.2 Å². The van der Waals surface area contributed by atoms with Crippen LogP contribution in [0.25, 0.3) is 0 Å². The zero-order valence-corrected chi connectivity index (χ0v) is 60.6. The van der Waals surface area contributed by atoms with Crippen LogP contribution in [-0.4, -0.2) is 96.7 Å². The van der Waals surface area contributed by atoms with E-state index in [4.69, 9.17) is 37.0 Å². The van der Waals surface area contributed by atoms with Gasteiger partial charge in [-0.25, -0.2) is 9.13 Å². The van der Waals surface area contributed by atoms with Crippen molar-refractivity contribution in [2.24, 2.45) is 23.7 Å². The first-order valence-electron chi connectivity index (χ1n) is 36.8.